The summed E-state index contributed by atoms with van der Waals surface area (Å²) in [4.78, 5) is 0.341. The fourth-order valence-electron chi connectivity index (χ4n) is 1.58. The lowest BCUT2D eigenvalue weighted by Crippen LogP contribution is -2.24. The maximum Gasteiger partial charge on any atom is 0.240 e. The van der Waals surface area contributed by atoms with Crippen molar-refractivity contribution in [3.05, 3.63) is 29.8 Å². The van der Waals surface area contributed by atoms with Crippen LogP contribution in [0, 0.1) is 6.92 Å². The zero-order valence-electron chi connectivity index (χ0n) is 10.7. The lowest BCUT2D eigenvalue weighted by Gasteiger charge is -2.06. The molecule has 0 radical (unpaired) electrons. The second-order valence-corrected chi connectivity index (χ2v) is 6.87. The molecule has 0 bridgehead atoms. The first-order chi connectivity index (χ1) is 8.56. The fraction of sp³-hybridized carbons (Fsp3) is 0.538. The van der Waals surface area contributed by atoms with E-state index < -0.39 is 10.0 Å². The van der Waals surface area contributed by atoms with E-state index in [-0.39, 0.29) is 0 Å². The number of benzene rings is 1. The topological polar surface area (TPSA) is 46.2 Å². The number of hydrogen-bond acceptors (Lipinski definition) is 2. The minimum atomic E-state index is -3.33. The molecule has 5 heteroatoms. The third-order valence-electron chi connectivity index (χ3n) is 2.68. The van der Waals surface area contributed by atoms with Crippen LogP contribution in [0.5, 0.6) is 0 Å². The molecule has 0 unspecified atom stereocenters. The van der Waals surface area contributed by atoms with Gasteiger partial charge in [-0.1, -0.05) is 46.5 Å². The van der Waals surface area contributed by atoms with Crippen molar-refractivity contribution in [3.63, 3.8) is 0 Å². The summed E-state index contributed by atoms with van der Waals surface area (Å²) < 4.78 is 26.5. The van der Waals surface area contributed by atoms with Crippen molar-refractivity contribution in [1.29, 1.82) is 0 Å². The van der Waals surface area contributed by atoms with E-state index in [1.54, 1.807) is 12.1 Å². The van der Waals surface area contributed by atoms with Gasteiger partial charge in [0.1, 0.15) is 0 Å². The van der Waals surface area contributed by atoms with E-state index in [0.29, 0.717) is 11.4 Å². The molecule has 0 aliphatic carbocycles. The molecule has 0 atom stereocenters. The maximum atomic E-state index is 11.9. The van der Waals surface area contributed by atoms with Gasteiger partial charge < -0.3 is 0 Å². The zero-order chi connectivity index (χ0) is 13.4. The number of alkyl halides is 1. The molecule has 0 aromatic heterocycles. The van der Waals surface area contributed by atoms with E-state index in [9.17, 15) is 8.42 Å². The molecule has 102 valence electrons. The number of rotatable bonds is 8. The van der Waals surface area contributed by atoms with Gasteiger partial charge in [0, 0.05) is 11.9 Å². The van der Waals surface area contributed by atoms with Crippen LogP contribution in [-0.4, -0.2) is 20.3 Å². The highest BCUT2D eigenvalue weighted by atomic mass is 79.9. The second kappa shape index (κ2) is 7.92. The summed E-state index contributed by atoms with van der Waals surface area (Å²) in [5, 5.41) is 1.02. The Labute approximate surface area is 118 Å². The van der Waals surface area contributed by atoms with Gasteiger partial charge in [-0.3, -0.25) is 0 Å². The SMILES string of the molecule is Cc1ccc(S(=O)(=O)NCCCCCCBr)cc1. The summed E-state index contributed by atoms with van der Waals surface area (Å²) in [5.74, 6) is 0. The summed E-state index contributed by atoms with van der Waals surface area (Å²) in [6.07, 6.45) is 4.22. The predicted molar refractivity (Wildman–Crippen MR) is 78.6 cm³/mol. The second-order valence-electron chi connectivity index (χ2n) is 4.31. The first-order valence-electron chi connectivity index (χ1n) is 6.18. The van der Waals surface area contributed by atoms with Crippen molar-refractivity contribution in [2.45, 2.75) is 37.5 Å². The standard InChI is InChI=1S/C13H20BrNO2S/c1-12-6-8-13(9-7-12)18(16,17)15-11-5-3-2-4-10-14/h6-9,15H,2-5,10-11H2,1H3. The number of nitrogens with one attached hydrogen (secondary N) is 1. The van der Waals surface area contributed by atoms with Crippen molar-refractivity contribution < 1.29 is 8.42 Å². The first kappa shape index (κ1) is 15.7. The maximum absolute atomic E-state index is 11.9. The summed E-state index contributed by atoms with van der Waals surface area (Å²) in [5.41, 5.74) is 1.06. The van der Waals surface area contributed by atoms with Gasteiger partial charge in [-0.05, 0) is 31.9 Å². The Kier molecular flexibility index (Phi) is 6.89. The number of sulfonamides is 1. The molecular weight excluding hydrogens is 314 g/mol. The van der Waals surface area contributed by atoms with E-state index in [1.165, 1.54) is 0 Å². The van der Waals surface area contributed by atoms with Gasteiger partial charge in [0.2, 0.25) is 10.0 Å². The van der Waals surface area contributed by atoms with Crippen molar-refractivity contribution in [1.82, 2.24) is 4.72 Å². The van der Waals surface area contributed by atoms with Crippen LogP contribution in [0.2, 0.25) is 0 Å². The normalized spacial score (nSPS) is 11.7. The molecule has 0 amide bonds. The van der Waals surface area contributed by atoms with Crippen LogP contribution in [0.15, 0.2) is 29.2 Å². The Morgan fingerprint density at radius 1 is 1.06 bits per heavy atom. The van der Waals surface area contributed by atoms with Gasteiger partial charge >= 0.3 is 0 Å². The summed E-state index contributed by atoms with van der Waals surface area (Å²) in [6.45, 7) is 2.45. The minimum absolute atomic E-state index is 0.341. The van der Waals surface area contributed by atoms with Crippen LogP contribution >= 0.6 is 15.9 Å². The van der Waals surface area contributed by atoms with Crippen molar-refractivity contribution in [3.8, 4) is 0 Å². The molecule has 0 aliphatic heterocycles. The van der Waals surface area contributed by atoms with Gasteiger partial charge in [-0.25, -0.2) is 13.1 Å². The minimum Gasteiger partial charge on any atom is -0.211 e. The summed E-state index contributed by atoms with van der Waals surface area (Å²) >= 11 is 3.38. The van der Waals surface area contributed by atoms with Crippen LogP contribution in [-0.2, 0) is 10.0 Å². The molecule has 1 rings (SSSR count). The van der Waals surface area contributed by atoms with E-state index in [0.717, 1.165) is 36.6 Å². The summed E-state index contributed by atoms with van der Waals surface area (Å²) in [6, 6.07) is 6.90. The van der Waals surface area contributed by atoms with E-state index in [4.69, 9.17) is 0 Å². The molecule has 1 aromatic rings. The number of hydrogen-bond donors (Lipinski definition) is 1. The lowest BCUT2D eigenvalue weighted by atomic mass is 10.2. The third-order valence-corrected chi connectivity index (χ3v) is 4.72. The van der Waals surface area contributed by atoms with Crippen LogP contribution in [0.4, 0.5) is 0 Å². The smallest absolute Gasteiger partial charge is 0.211 e. The molecule has 0 saturated heterocycles. The van der Waals surface area contributed by atoms with Crippen LogP contribution in [0.1, 0.15) is 31.2 Å². The Morgan fingerprint density at radius 3 is 2.28 bits per heavy atom. The molecule has 0 saturated carbocycles. The highest BCUT2D eigenvalue weighted by Crippen LogP contribution is 2.10. The van der Waals surface area contributed by atoms with Crippen molar-refractivity contribution in [2.24, 2.45) is 0 Å². The molecular formula is C13H20BrNO2S. The Balaban J connectivity index is 2.38. The van der Waals surface area contributed by atoms with Crippen LogP contribution < -0.4 is 4.72 Å². The average molecular weight is 334 g/mol. The number of aryl methyl sites for hydroxylation is 1. The van der Waals surface area contributed by atoms with E-state index in [1.807, 2.05) is 19.1 Å². The fourth-order valence-corrected chi connectivity index (χ4v) is 3.05. The van der Waals surface area contributed by atoms with Crippen LogP contribution in [0.25, 0.3) is 0 Å². The van der Waals surface area contributed by atoms with Gasteiger partial charge in [0.05, 0.1) is 4.90 Å². The predicted octanol–water partition coefficient (Wildman–Crippen LogP) is 3.23. The molecule has 0 fully saturated rings. The monoisotopic (exact) mass is 333 g/mol. The Bertz CT molecular complexity index is 443. The molecule has 0 aliphatic rings. The summed E-state index contributed by atoms with van der Waals surface area (Å²) in [7, 11) is -3.33. The highest BCUT2D eigenvalue weighted by molar-refractivity contribution is 9.09. The van der Waals surface area contributed by atoms with Crippen LogP contribution in [0.3, 0.4) is 0 Å². The Hall–Kier alpha value is -0.390. The van der Waals surface area contributed by atoms with Gasteiger partial charge in [0.15, 0.2) is 0 Å². The van der Waals surface area contributed by atoms with Crippen molar-refractivity contribution >= 4 is 26.0 Å². The largest absolute Gasteiger partial charge is 0.240 e. The highest BCUT2D eigenvalue weighted by Gasteiger charge is 2.12. The van der Waals surface area contributed by atoms with Gasteiger partial charge in [0.25, 0.3) is 0 Å². The average Bonchev–Trinajstić information content (AvgIpc) is 2.34. The first-order valence-corrected chi connectivity index (χ1v) is 8.79. The number of halogens is 1. The quantitative estimate of drug-likeness (QED) is 0.586. The van der Waals surface area contributed by atoms with Gasteiger partial charge in [-0.15, -0.1) is 0 Å². The molecule has 0 spiro atoms. The number of unbranched alkanes of at least 4 members (excludes halogenated alkanes) is 3. The van der Waals surface area contributed by atoms with E-state index in [2.05, 4.69) is 20.7 Å². The zero-order valence-corrected chi connectivity index (χ0v) is 13.1. The lowest BCUT2D eigenvalue weighted by molar-refractivity contribution is 0.574. The van der Waals surface area contributed by atoms with E-state index >= 15 is 0 Å². The Morgan fingerprint density at radius 2 is 1.67 bits per heavy atom. The molecule has 1 N–H and O–H groups in total. The molecule has 18 heavy (non-hydrogen) atoms. The van der Waals surface area contributed by atoms with Crippen molar-refractivity contribution in [2.75, 3.05) is 11.9 Å². The molecule has 1 aromatic carbocycles. The third kappa shape index (κ3) is 5.50. The molecule has 0 heterocycles. The molecule has 3 nitrogen and oxygen atoms in total. The van der Waals surface area contributed by atoms with Gasteiger partial charge in [-0.2, -0.15) is 0 Å².